The molecule has 0 radical (unpaired) electrons. The van der Waals surface area contributed by atoms with Crippen LogP contribution in [-0.4, -0.2) is 37.0 Å². The highest BCUT2D eigenvalue weighted by molar-refractivity contribution is 5.83. The molecule has 1 saturated heterocycles. The van der Waals surface area contributed by atoms with Crippen molar-refractivity contribution < 1.29 is 4.79 Å². The van der Waals surface area contributed by atoms with Crippen LogP contribution in [0.15, 0.2) is 0 Å². The standard InChI is InChI=1S/C10H20N2O/c1-8(2)4-6-12-7-5-9(11-3)10(12)13/h8-9,11H,4-7H2,1-3H3. The zero-order valence-corrected chi connectivity index (χ0v) is 8.84. The third-order valence-corrected chi connectivity index (χ3v) is 2.62. The van der Waals surface area contributed by atoms with E-state index in [4.69, 9.17) is 0 Å². The highest BCUT2D eigenvalue weighted by atomic mass is 16.2. The quantitative estimate of drug-likeness (QED) is 0.702. The van der Waals surface area contributed by atoms with Gasteiger partial charge in [0.2, 0.25) is 5.91 Å². The van der Waals surface area contributed by atoms with Crippen LogP contribution < -0.4 is 5.32 Å². The van der Waals surface area contributed by atoms with E-state index in [0.717, 1.165) is 25.9 Å². The lowest BCUT2D eigenvalue weighted by molar-refractivity contribution is -0.129. The normalized spacial score (nSPS) is 23.2. The maximum atomic E-state index is 11.6. The lowest BCUT2D eigenvalue weighted by Gasteiger charge is -2.17. The van der Waals surface area contributed by atoms with E-state index in [1.54, 1.807) is 0 Å². The molecule has 1 aliphatic heterocycles. The van der Waals surface area contributed by atoms with Crippen molar-refractivity contribution in [2.75, 3.05) is 20.1 Å². The van der Waals surface area contributed by atoms with Crippen molar-refractivity contribution in [2.45, 2.75) is 32.7 Å². The van der Waals surface area contributed by atoms with Gasteiger partial charge in [-0.25, -0.2) is 0 Å². The van der Waals surface area contributed by atoms with Crippen molar-refractivity contribution in [3.8, 4) is 0 Å². The minimum Gasteiger partial charge on any atom is -0.341 e. The number of likely N-dealkylation sites (tertiary alicyclic amines) is 1. The maximum absolute atomic E-state index is 11.6. The van der Waals surface area contributed by atoms with Crippen molar-refractivity contribution in [1.29, 1.82) is 0 Å². The summed E-state index contributed by atoms with van der Waals surface area (Å²) in [5, 5.41) is 3.04. The zero-order chi connectivity index (χ0) is 9.84. The van der Waals surface area contributed by atoms with Crippen molar-refractivity contribution in [1.82, 2.24) is 10.2 Å². The van der Waals surface area contributed by atoms with Gasteiger partial charge in [0, 0.05) is 13.1 Å². The molecule has 0 spiro atoms. The van der Waals surface area contributed by atoms with Gasteiger partial charge in [0.05, 0.1) is 6.04 Å². The minimum atomic E-state index is 0.0761. The second-order valence-corrected chi connectivity index (χ2v) is 4.14. The van der Waals surface area contributed by atoms with Crippen molar-refractivity contribution in [3.63, 3.8) is 0 Å². The highest BCUT2D eigenvalue weighted by Crippen LogP contribution is 2.12. The Morgan fingerprint density at radius 3 is 2.77 bits per heavy atom. The summed E-state index contributed by atoms with van der Waals surface area (Å²) in [7, 11) is 1.86. The van der Waals surface area contributed by atoms with E-state index in [1.165, 1.54) is 0 Å². The van der Waals surface area contributed by atoms with Crippen LogP contribution in [-0.2, 0) is 4.79 Å². The molecule has 1 atom stereocenters. The summed E-state index contributed by atoms with van der Waals surface area (Å²) in [5.41, 5.74) is 0. The molecule has 1 unspecified atom stereocenters. The molecule has 1 heterocycles. The van der Waals surface area contributed by atoms with Gasteiger partial charge < -0.3 is 10.2 Å². The van der Waals surface area contributed by atoms with Crippen molar-refractivity contribution in [3.05, 3.63) is 0 Å². The second kappa shape index (κ2) is 4.61. The first kappa shape index (κ1) is 10.5. The van der Waals surface area contributed by atoms with E-state index in [1.807, 2.05) is 11.9 Å². The van der Waals surface area contributed by atoms with Crippen LogP contribution in [0.2, 0.25) is 0 Å². The number of hydrogen-bond acceptors (Lipinski definition) is 2. The predicted octanol–water partition coefficient (Wildman–Crippen LogP) is 0.853. The fourth-order valence-corrected chi connectivity index (χ4v) is 1.64. The molecule has 0 aromatic heterocycles. The lowest BCUT2D eigenvalue weighted by Crippen LogP contribution is -2.36. The molecule has 1 rings (SSSR count). The zero-order valence-electron chi connectivity index (χ0n) is 8.84. The molecule has 1 aliphatic rings. The molecule has 76 valence electrons. The molecule has 0 bridgehead atoms. The van der Waals surface area contributed by atoms with Gasteiger partial charge >= 0.3 is 0 Å². The molecule has 1 amide bonds. The average molecular weight is 184 g/mol. The first-order valence-corrected chi connectivity index (χ1v) is 5.11. The number of nitrogens with one attached hydrogen (secondary N) is 1. The van der Waals surface area contributed by atoms with Crippen LogP contribution >= 0.6 is 0 Å². The Hall–Kier alpha value is -0.570. The van der Waals surface area contributed by atoms with E-state index >= 15 is 0 Å². The summed E-state index contributed by atoms with van der Waals surface area (Å²) in [6.07, 6.45) is 2.08. The van der Waals surface area contributed by atoms with Gasteiger partial charge in [0.25, 0.3) is 0 Å². The first-order chi connectivity index (χ1) is 6.15. The van der Waals surface area contributed by atoms with Crippen molar-refractivity contribution >= 4 is 5.91 Å². The number of likely N-dealkylation sites (N-methyl/N-ethyl adjacent to an activating group) is 1. The van der Waals surface area contributed by atoms with Crippen LogP contribution in [0.3, 0.4) is 0 Å². The summed E-state index contributed by atoms with van der Waals surface area (Å²) < 4.78 is 0. The monoisotopic (exact) mass is 184 g/mol. The number of nitrogens with zero attached hydrogens (tertiary/aromatic N) is 1. The van der Waals surface area contributed by atoms with Gasteiger partial charge in [-0.2, -0.15) is 0 Å². The largest absolute Gasteiger partial charge is 0.341 e. The number of amides is 1. The second-order valence-electron chi connectivity index (χ2n) is 4.14. The van der Waals surface area contributed by atoms with E-state index < -0.39 is 0 Å². The highest BCUT2D eigenvalue weighted by Gasteiger charge is 2.29. The minimum absolute atomic E-state index is 0.0761. The SMILES string of the molecule is CNC1CCN(CCC(C)C)C1=O. The Morgan fingerprint density at radius 1 is 1.62 bits per heavy atom. The molecule has 13 heavy (non-hydrogen) atoms. The van der Waals surface area contributed by atoms with Gasteiger partial charge in [-0.3, -0.25) is 4.79 Å². The van der Waals surface area contributed by atoms with Gasteiger partial charge in [-0.05, 0) is 25.8 Å². The molecule has 3 heteroatoms. The van der Waals surface area contributed by atoms with E-state index in [0.29, 0.717) is 5.92 Å². The van der Waals surface area contributed by atoms with E-state index in [2.05, 4.69) is 19.2 Å². The number of rotatable bonds is 4. The molecule has 0 aromatic rings. The fraction of sp³-hybridized carbons (Fsp3) is 0.900. The van der Waals surface area contributed by atoms with Crippen LogP contribution in [0.1, 0.15) is 26.7 Å². The van der Waals surface area contributed by atoms with Crippen LogP contribution in [0.4, 0.5) is 0 Å². The fourth-order valence-electron chi connectivity index (χ4n) is 1.64. The van der Waals surface area contributed by atoms with Crippen LogP contribution in [0.5, 0.6) is 0 Å². The Labute approximate surface area is 80.5 Å². The Bertz CT molecular complexity index is 180. The average Bonchev–Trinajstić information content (AvgIpc) is 2.43. The maximum Gasteiger partial charge on any atom is 0.239 e. The molecular weight excluding hydrogens is 164 g/mol. The molecule has 0 aromatic carbocycles. The Balaban J connectivity index is 2.33. The van der Waals surface area contributed by atoms with Crippen LogP contribution in [0.25, 0.3) is 0 Å². The van der Waals surface area contributed by atoms with Gasteiger partial charge in [0.15, 0.2) is 0 Å². The topological polar surface area (TPSA) is 32.3 Å². The summed E-state index contributed by atoms with van der Waals surface area (Å²) >= 11 is 0. The summed E-state index contributed by atoms with van der Waals surface area (Å²) in [5.74, 6) is 0.963. The Kier molecular flexibility index (Phi) is 3.72. The van der Waals surface area contributed by atoms with Crippen molar-refractivity contribution in [2.24, 2.45) is 5.92 Å². The summed E-state index contributed by atoms with van der Waals surface area (Å²) in [4.78, 5) is 13.6. The van der Waals surface area contributed by atoms with Gasteiger partial charge in [0.1, 0.15) is 0 Å². The van der Waals surface area contributed by atoms with Gasteiger partial charge in [-0.15, -0.1) is 0 Å². The van der Waals surface area contributed by atoms with E-state index in [-0.39, 0.29) is 11.9 Å². The number of carbonyl (C=O) groups excluding carboxylic acids is 1. The number of carbonyl (C=O) groups is 1. The third-order valence-electron chi connectivity index (χ3n) is 2.62. The van der Waals surface area contributed by atoms with Gasteiger partial charge in [-0.1, -0.05) is 13.8 Å². The molecule has 0 aliphatic carbocycles. The molecule has 1 fully saturated rings. The summed E-state index contributed by atoms with van der Waals surface area (Å²) in [6.45, 7) is 6.23. The predicted molar refractivity (Wildman–Crippen MR) is 53.5 cm³/mol. The smallest absolute Gasteiger partial charge is 0.239 e. The number of hydrogen-bond donors (Lipinski definition) is 1. The Morgan fingerprint density at radius 2 is 2.31 bits per heavy atom. The molecular formula is C10H20N2O. The molecule has 0 saturated carbocycles. The third kappa shape index (κ3) is 2.69. The molecule has 3 nitrogen and oxygen atoms in total. The van der Waals surface area contributed by atoms with Crippen LogP contribution in [0, 0.1) is 5.92 Å². The van der Waals surface area contributed by atoms with E-state index in [9.17, 15) is 4.79 Å². The first-order valence-electron chi connectivity index (χ1n) is 5.11. The summed E-state index contributed by atoms with van der Waals surface area (Å²) in [6, 6.07) is 0.0761. The lowest BCUT2D eigenvalue weighted by atomic mass is 10.1. The molecule has 1 N–H and O–H groups in total.